The Labute approximate surface area is 143 Å². The van der Waals surface area contributed by atoms with E-state index in [-0.39, 0.29) is 13.3 Å². The van der Waals surface area contributed by atoms with Gasteiger partial charge in [-0.15, -0.1) is 0 Å². The zero-order valence-electron chi connectivity index (χ0n) is 15.1. The summed E-state index contributed by atoms with van der Waals surface area (Å²) in [5.74, 6) is -0.482. The number of nitrogens with zero attached hydrogens (tertiary/aromatic N) is 1. The second kappa shape index (κ2) is 9.27. The Bertz CT molecular complexity index is 524. The third-order valence-electron chi connectivity index (χ3n) is 3.10. The third kappa shape index (κ3) is 6.58. The third-order valence-corrected chi connectivity index (χ3v) is 3.10. The van der Waals surface area contributed by atoms with Crippen LogP contribution in [0.15, 0.2) is 30.3 Å². The smallest absolute Gasteiger partial charge is 0.412 e. The molecule has 0 aliphatic heterocycles. The number of rotatable bonds is 7. The van der Waals surface area contributed by atoms with Crippen LogP contribution < -0.4 is 0 Å². The second-order valence-electron chi connectivity index (χ2n) is 6.33. The first kappa shape index (κ1) is 20.0. The molecule has 0 bridgehead atoms. The number of esters is 1. The minimum absolute atomic E-state index is 0.0643. The van der Waals surface area contributed by atoms with Crippen LogP contribution >= 0.6 is 0 Å². The van der Waals surface area contributed by atoms with Crippen molar-refractivity contribution >= 4 is 12.1 Å². The molecule has 0 aromatic heterocycles. The molecule has 0 spiro atoms. The summed E-state index contributed by atoms with van der Waals surface area (Å²) < 4.78 is 15.6. The van der Waals surface area contributed by atoms with Gasteiger partial charge in [-0.05, 0) is 33.3 Å². The number of carbonyl (C=O) groups is 2. The Balaban J connectivity index is 3.05. The average Bonchev–Trinajstić information content (AvgIpc) is 2.50. The summed E-state index contributed by atoms with van der Waals surface area (Å²) in [6.45, 7) is 7.21. The summed E-state index contributed by atoms with van der Waals surface area (Å²) in [7, 11) is 1.46. The fourth-order valence-corrected chi connectivity index (χ4v) is 2.13. The molecule has 6 nitrogen and oxygen atoms in total. The first-order chi connectivity index (χ1) is 11.3. The largest absolute Gasteiger partial charge is 0.464 e. The average molecular weight is 337 g/mol. The van der Waals surface area contributed by atoms with Crippen molar-refractivity contribution in [3.8, 4) is 0 Å². The van der Waals surface area contributed by atoms with E-state index in [9.17, 15) is 9.59 Å². The Morgan fingerprint density at radius 1 is 1.17 bits per heavy atom. The van der Waals surface area contributed by atoms with E-state index in [0.29, 0.717) is 6.42 Å². The number of hydrogen-bond acceptors (Lipinski definition) is 5. The van der Waals surface area contributed by atoms with Crippen molar-refractivity contribution in [3.63, 3.8) is 0 Å². The van der Waals surface area contributed by atoms with E-state index in [2.05, 4.69) is 0 Å². The number of hydrogen-bond donors (Lipinski definition) is 0. The highest BCUT2D eigenvalue weighted by Gasteiger charge is 2.34. The Kier molecular flexibility index (Phi) is 7.71. The fourth-order valence-electron chi connectivity index (χ4n) is 2.13. The first-order valence-corrected chi connectivity index (χ1v) is 7.97. The molecule has 0 saturated carbocycles. The Hall–Kier alpha value is -2.08. The van der Waals surface area contributed by atoms with Crippen LogP contribution in [-0.4, -0.2) is 49.1 Å². The van der Waals surface area contributed by atoms with Crippen molar-refractivity contribution in [3.05, 3.63) is 35.9 Å². The zero-order valence-corrected chi connectivity index (χ0v) is 15.1. The predicted octanol–water partition coefficient (Wildman–Crippen LogP) is 3.00. The van der Waals surface area contributed by atoms with E-state index >= 15 is 0 Å². The quantitative estimate of drug-likeness (QED) is 0.565. The lowest BCUT2D eigenvalue weighted by Gasteiger charge is -2.31. The summed E-state index contributed by atoms with van der Waals surface area (Å²) in [6, 6.07) is 8.63. The van der Waals surface area contributed by atoms with Gasteiger partial charge in [-0.25, -0.2) is 9.59 Å². The lowest BCUT2D eigenvalue weighted by Crippen LogP contribution is -2.49. The number of carbonyl (C=O) groups excluding carboxylic acids is 2. The summed E-state index contributed by atoms with van der Waals surface area (Å²) in [4.78, 5) is 26.2. The van der Waals surface area contributed by atoms with Gasteiger partial charge < -0.3 is 14.2 Å². The van der Waals surface area contributed by atoms with E-state index in [1.807, 2.05) is 30.3 Å². The van der Waals surface area contributed by atoms with E-state index in [0.717, 1.165) is 5.56 Å². The minimum Gasteiger partial charge on any atom is -0.464 e. The van der Waals surface area contributed by atoms with Gasteiger partial charge in [-0.1, -0.05) is 30.3 Å². The summed E-state index contributed by atoms with van der Waals surface area (Å²) in [6.07, 6.45) is -0.291. The van der Waals surface area contributed by atoms with Crippen molar-refractivity contribution in [2.75, 3.05) is 20.4 Å². The Morgan fingerprint density at radius 2 is 1.79 bits per heavy atom. The predicted molar refractivity (Wildman–Crippen MR) is 90.5 cm³/mol. The number of methoxy groups -OCH3 is 1. The standard InChI is InChI=1S/C18H27NO5/c1-6-23-16(20)15(12-14-10-8-7-9-11-14)19(13-22-5)17(21)24-18(2,3)4/h7-11,15H,6,12-13H2,1-5H3/t15-/m1/s1. The van der Waals surface area contributed by atoms with Crippen LogP contribution in [0.25, 0.3) is 0 Å². The number of ether oxygens (including phenoxy) is 3. The van der Waals surface area contributed by atoms with Gasteiger partial charge in [0.25, 0.3) is 0 Å². The monoisotopic (exact) mass is 337 g/mol. The Morgan fingerprint density at radius 3 is 2.29 bits per heavy atom. The molecule has 0 saturated heterocycles. The topological polar surface area (TPSA) is 65.1 Å². The van der Waals surface area contributed by atoms with Crippen LogP contribution in [0.1, 0.15) is 33.3 Å². The van der Waals surface area contributed by atoms with Crippen molar-refractivity contribution in [2.24, 2.45) is 0 Å². The van der Waals surface area contributed by atoms with E-state index in [1.165, 1.54) is 12.0 Å². The van der Waals surface area contributed by atoms with Gasteiger partial charge in [0.1, 0.15) is 18.4 Å². The maximum absolute atomic E-state index is 12.5. The van der Waals surface area contributed by atoms with Crippen molar-refractivity contribution < 1.29 is 23.8 Å². The van der Waals surface area contributed by atoms with Gasteiger partial charge in [0.2, 0.25) is 0 Å². The highest BCUT2D eigenvalue weighted by molar-refractivity contribution is 5.81. The molecule has 0 heterocycles. The molecule has 1 aromatic carbocycles. The fraction of sp³-hybridized carbons (Fsp3) is 0.556. The molecule has 0 unspecified atom stereocenters. The normalized spacial score (nSPS) is 12.4. The highest BCUT2D eigenvalue weighted by Crippen LogP contribution is 2.16. The summed E-state index contributed by atoms with van der Waals surface area (Å²) in [5, 5.41) is 0. The lowest BCUT2D eigenvalue weighted by atomic mass is 10.1. The van der Waals surface area contributed by atoms with Crippen molar-refractivity contribution in [2.45, 2.75) is 45.8 Å². The van der Waals surface area contributed by atoms with Crippen LogP contribution in [-0.2, 0) is 25.4 Å². The molecule has 0 aliphatic rings. The molecule has 0 radical (unpaired) electrons. The van der Waals surface area contributed by atoms with Gasteiger partial charge >= 0.3 is 12.1 Å². The van der Waals surface area contributed by atoms with Gasteiger partial charge in [0.05, 0.1) is 6.61 Å². The number of amides is 1. The molecular weight excluding hydrogens is 310 g/mol. The molecule has 0 fully saturated rings. The molecule has 1 rings (SSSR count). The van der Waals surface area contributed by atoms with Crippen LogP contribution in [0.2, 0.25) is 0 Å². The minimum atomic E-state index is -0.817. The first-order valence-electron chi connectivity index (χ1n) is 7.97. The van der Waals surface area contributed by atoms with Crippen LogP contribution in [0, 0.1) is 0 Å². The molecule has 1 amide bonds. The van der Waals surface area contributed by atoms with Gasteiger partial charge in [0.15, 0.2) is 0 Å². The van der Waals surface area contributed by atoms with E-state index in [1.54, 1.807) is 27.7 Å². The van der Waals surface area contributed by atoms with Gasteiger partial charge in [-0.3, -0.25) is 4.90 Å². The molecule has 24 heavy (non-hydrogen) atoms. The second-order valence-corrected chi connectivity index (χ2v) is 6.33. The molecule has 134 valence electrons. The molecule has 1 atom stereocenters. The number of benzene rings is 1. The lowest BCUT2D eigenvalue weighted by molar-refractivity contribution is -0.151. The molecule has 6 heteroatoms. The van der Waals surface area contributed by atoms with Crippen molar-refractivity contribution in [1.82, 2.24) is 4.90 Å². The molecule has 1 aromatic rings. The zero-order chi connectivity index (χ0) is 18.2. The maximum Gasteiger partial charge on any atom is 0.412 e. The SMILES string of the molecule is CCOC(=O)[C@@H](Cc1ccccc1)N(COC)C(=O)OC(C)(C)C. The maximum atomic E-state index is 12.5. The summed E-state index contributed by atoms with van der Waals surface area (Å²) >= 11 is 0. The van der Waals surface area contributed by atoms with E-state index < -0.39 is 23.7 Å². The highest BCUT2D eigenvalue weighted by atomic mass is 16.6. The van der Waals surface area contributed by atoms with Gasteiger partial charge in [-0.2, -0.15) is 0 Å². The molecule has 0 aliphatic carbocycles. The van der Waals surface area contributed by atoms with Crippen LogP contribution in [0.5, 0.6) is 0 Å². The van der Waals surface area contributed by atoms with Crippen LogP contribution in [0.3, 0.4) is 0 Å². The summed E-state index contributed by atoms with van der Waals surface area (Å²) in [5.41, 5.74) is 0.245. The van der Waals surface area contributed by atoms with E-state index in [4.69, 9.17) is 14.2 Å². The van der Waals surface area contributed by atoms with Crippen LogP contribution in [0.4, 0.5) is 4.79 Å². The molecule has 0 N–H and O–H groups in total. The van der Waals surface area contributed by atoms with Crippen molar-refractivity contribution in [1.29, 1.82) is 0 Å². The van der Waals surface area contributed by atoms with Gasteiger partial charge in [0, 0.05) is 13.5 Å². The molecular formula is C18H27NO5.